The molecule has 0 aliphatic heterocycles. The fourth-order valence-corrected chi connectivity index (χ4v) is 3.38. The van der Waals surface area contributed by atoms with Crippen molar-refractivity contribution in [1.29, 1.82) is 0 Å². The zero-order valence-electron chi connectivity index (χ0n) is 13.9. The fraction of sp³-hybridized carbons (Fsp3) is 0.471. The molecule has 7 nitrogen and oxygen atoms in total. The maximum absolute atomic E-state index is 12.0. The van der Waals surface area contributed by atoms with Gasteiger partial charge >= 0.3 is 5.97 Å². The molecule has 2 aromatic rings. The topological polar surface area (TPSA) is 111 Å². The van der Waals surface area contributed by atoms with Crippen LogP contribution in [0.2, 0.25) is 0 Å². The number of carboxylic acids is 1. The van der Waals surface area contributed by atoms with Gasteiger partial charge in [0.15, 0.2) is 5.82 Å². The van der Waals surface area contributed by atoms with Crippen molar-refractivity contribution in [3.63, 3.8) is 0 Å². The number of hydrogen-bond acceptors (Lipinski definition) is 5. The molecule has 0 unspecified atom stereocenters. The summed E-state index contributed by atoms with van der Waals surface area (Å²) in [7, 11) is 0. The molecule has 0 spiro atoms. The van der Waals surface area contributed by atoms with Crippen LogP contribution in [-0.4, -0.2) is 31.4 Å². The second-order valence-corrected chi connectivity index (χ2v) is 6.53. The third kappa shape index (κ3) is 2.81. The van der Waals surface area contributed by atoms with E-state index in [4.69, 9.17) is 0 Å². The number of aryl methyl sites for hydroxylation is 2. The number of aromatic amines is 1. The van der Waals surface area contributed by atoms with Crippen LogP contribution in [-0.2, 0) is 10.2 Å². The van der Waals surface area contributed by atoms with E-state index in [1.165, 1.54) is 0 Å². The Morgan fingerprint density at radius 3 is 2.50 bits per heavy atom. The number of aromatic nitrogens is 3. The Morgan fingerprint density at radius 2 is 1.92 bits per heavy atom. The highest BCUT2D eigenvalue weighted by molar-refractivity contribution is 5.82. The van der Waals surface area contributed by atoms with Crippen LogP contribution < -0.4 is 5.32 Å². The molecule has 1 aliphatic rings. The van der Waals surface area contributed by atoms with E-state index in [9.17, 15) is 15.0 Å². The predicted molar refractivity (Wildman–Crippen MR) is 89.6 cm³/mol. The van der Waals surface area contributed by atoms with E-state index < -0.39 is 11.4 Å². The molecule has 0 atom stereocenters. The van der Waals surface area contributed by atoms with Gasteiger partial charge in [-0.25, -0.2) is 4.98 Å². The van der Waals surface area contributed by atoms with Crippen LogP contribution >= 0.6 is 0 Å². The summed E-state index contributed by atoms with van der Waals surface area (Å²) in [6.07, 6.45) is 3.64. The Kier molecular flexibility index (Phi) is 4.17. The number of rotatable bonds is 4. The van der Waals surface area contributed by atoms with Gasteiger partial charge in [0.1, 0.15) is 22.7 Å². The molecule has 0 amide bonds. The van der Waals surface area contributed by atoms with E-state index in [-0.39, 0.29) is 11.4 Å². The van der Waals surface area contributed by atoms with Gasteiger partial charge in [-0.2, -0.15) is 5.10 Å². The van der Waals surface area contributed by atoms with Crippen molar-refractivity contribution < 1.29 is 15.0 Å². The SMILES string of the molecule is Cc1cc(Nc2cc(C)c(O)c(C3(C(=O)O)CCCCC3)n2)n[nH]1. The van der Waals surface area contributed by atoms with Crippen LogP contribution in [0.3, 0.4) is 0 Å². The van der Waals surface area contributed by atoms with Crippen LogP contribution in [0.25, 0.3) is 0 Å². The molecule has 0 bridgehead atoms. The highest BCUT2D eigenvalue weighted by Gasteiger charge is 2.45. The predicted octanol–water partition coefficient (Wildman–Crippen LogP) is 3.16. The van der Waals surface area contributed by atoms with Gasteiger partial charge in [0.05, 0.1) is 0 Å². The summed E-state index contributed by atoms with van der Waals surface area (Å²) < 4.78 is 0. The first-order valence-electron chi connectivity index (χ1n) is 8.16. The van der Waals surface area contributed by atoms with Crippen LogP contribution in [0.4, 0.5) is 11.6 Å². The molecular formula is C17H22N4O3. The second kappa shape index (κ2) is 6.14. The van der Waals surface area contributed by atoms with E-state index in [0.29, 0.717) is 30.0 Å². The monoisotopic (exact) mass is 330 g/mol. The molecule has 1 fully saturated rings. The minimum absolute atomic E-state index is 0.0249. The van der Waals surface area contributed by atoms with Crippen molar-refractivity contribution >= 4 is 17.6 Å². The Morgan fingerprint density at radius 1 is 1.21 bits per heavy atom. The van der Waals surface area contributed by atoms with Gasteiger partial charge < -0.3 is 15.5 Å². The molecule has 24 heavy (non-hydrogen) atoms. The molecule has 2 aromatic heterocycles. The smallest absolute Gasteiger partial charge is 0.315 e. The number of carboxylic acid groups (broad SMARTS) is 1. The van der Waals surface area contributed by atoms with Gasteiger partial charge in [0.25, 0.3) is 0 Å². The third-order valence-electron chi connectivity index (χ3n) is 4.72. The number of anilines is 2. The minimum atomic E-state index is -1.12. The number of pyridine rings is 1. The lowest BCUT2D eigenvalue weighted by Gasteiger charge is -2.33. The molecule has 1 aliphatic carbocycles. The fourth-order valence-electron chi connectivity index (χ4n) is 3.38. The number of aromatic hydroxyl groups is 1. The van der Waals surface area contributed by atoms with Crippen molar-refractivity contribution in [2.75, 3.05) is 5.32 Å². The molecule has 7 heteroatoms. The summed E-state index contributed by atoms with van der Waals surface area (Å²) in [5.74, 6) is 0.141. The summed E-state index contributed by atoms with van der Waals surface area (Å²) in [5.41, 5.74) is 0.639. The Bertz CT molecular complexity index is 763. The van der Waals surface area contributed by atoms with Crippen molar-refractivity contribution in [3.8, 4) is 5.75 Å². The van der Waals surface area contributed by atoms with E-state index in [0.717, 1.165) is 25.0 Å². The Labute approximate surface area is 140 Å². The maximum atomic E-state index is 12.0. The first-order chi connectivity index (χ1) is 11.4. The normalized spacial score (nSPS) is 16.8. The molecule has 128 valence electrons. The van der Waals surface area contributed by atoms with Crippen molar-refractivity contribution in [2.45, 2.75) is 51.4 Å². The van der Waals surface area contributed by atoms with Crippen LogP contribution in [0.1, 0.15) is 49.1 Å². The molecule has 4 N–H and O–H groups in total. The molecule has 3 rings (SSSR count). The zero-order valence-corrected chi connectivity index (χ0v) is 13.9. The van der Waals surface area contributed by atoms with Gasteiger partial charge in [0, 0.05) is 11.8 Å². The number of nitrogens with one attached hydrogen (secondary N) is 2. The Balaban J connectivity index is 2.04. The van der Waals surface area contributed by atoms with E-state index in [1.54, 1.807) is 13.0 Å². The maximum Gasteiger partial charge on any atom is 0.315 e. The summed E-state index contributed by atoms with van der Waals surface area (Å²) in [6.45, 7) is 3.64. The summed E-state index contributed by atoms with van der Waals surface area (Å²) in [5, 5.41) is 30.3. The summed E-state index contributed by atoms with van der Waals surface area (Å²) in [6, 6.07) is 3.53. The number of hydrogen-bond donors (Lipinski definition) is 4. The minimum Gasteiger partial charge on any atom is -0.506 e. The summed E-state index contributed by atoms with van der Waals surface area (Å²) in [4.78, 5) is 16.5. The number of aliphatic carboxylic acids is 1. The van der Waals surface area contributed by atoms with Crippen LogP contribution in [0.15, 0.2) is 12.1 Å². The third-order valence-corrected chi connectivity index (χ3v) is 4.72. The highest BCUT2D eigenvalue weighted by atomic mass is 16.4. The van der Waals surface area contributed by atoms with Crippen LogP contribution in [0.5, 0.6) is 5.75 Å². The lowest BCUT2D eigenvalue weighted by molar-refractivity contribution is -0.145. The van der Waals surface area contributed by atoms with E-state index in [1.807, 2.05) is 13.0 Å². The molecule has 2 heterocycles. The summed E-state index contributed by atoms with van der Waals surface area (Å²) >= 11 is 0. The second-order valence-electron chi connectivity index (χ2n) is 6.53. The van der Waals surface area contributed by atoms with Gasteiger partial charge in [-0.05, 0) is 38.3 Å². The number of H-pyrrole nitrogens is 1. The lowest BCUT2D eigenvalue weighted by Crippen LogP contribution is -2.39. The number of nitrogens with zero attached hydrogens (tertiary/aromatic N) is 2. The molecular weight excluding hydrogens is 308 g/mol. The van der Waals surface area contributed by atoms with Gasteiger partial charge in [-0.3, -0.25) is 9.89 Å². The van der Waals surface area contributed by atoms with Crippen LogP contribution in [0, 0.1) is 13.8 Å². The largest absolute Gasteiger partial charge is 0.506 e. The molecule has 0 radical (unpaired) electrons. The standard InChI is InChI=1S/C17H22N4O3/c1-10-8-12(18-13-9-11(2)20-21-13)19-15(14(10)22)17(16(23)24)6-4-3-5-7-17/h8-9,22H,3-7H2,1-2H3,(H,23,24)(H2,18,19,20,21). The Hall–Kier alpha value is -2.57. The van der Waals surface area contributed by atoms with Gasteiger partial charge in [0.2, 0.25) is 0 Å². The lowest BCUT2D eigenvalue weighted by atomic mass is 9.71. The van der Waals surface area contributed by atoms with E-state index in [2.05, 4.69) is 20.5 Å². The first-order valence-corrected chi connectivity index (χ1v) is 8.16. The van der Waals surface area contributed by atoms with Crippen molar-refractivity contribution in [3.05, 3.63) is 29.1 Å². The van der Waals surface area contributed by atoms with Crippen molar-refractivity contribution in [2.24, 2.45) is 0 Å². The van der Waals surface area contributed by atoms with Crippen molar-refractivity contribution in [1.82, 2.24) is 15.2 Å². The quantitative estimate of drug-likeness (QED) is 0.685. The van der Waals surface area contributed by atoms with Gasteiger partial charge in [-0.15, -0.1) is 0 Å². The molecule has 0 aromatic carbocycles. The average Bonchev–Trinajstić information content (AvgIpc) is 2.96. The molecule has 0 saturated heterocycles. The average molecular weight is 330 g/mol. The van der Waals surface area contributed by atoms with Gasteiger partial charge in [-0.1, -0.05) is 19.3 Å². The zero-order chi connectivity index (χ0) is 17.3. The molecule has 1 saturated carbocycles. The highest BCUT2D eigenvalue weighted by Crippen LogP contribution is 2.44. The first kappa shape index (κ1) is 16.3. The number of carbonyl (C=O) groups is 1. The van der Waals surface area contributed by atoms with E-state index >= 15 is 0 Å².